The van der Waals surface area contributed by atoms with Crippen molar-refractivity contribution in [3.63, 3.8) is 0 Å². The van der Waals surface area contributed by atoms with Crippen molar-refractivity contribution in [2.45, 2.75) is 13.8 Å². The second kappa shape index (κ2) is 9.24. The molecule has 0 nitrogen and oxygen atoms in total. The van der Waals surface area contributed by atoms with E-state index < -0.39 is 0 Å². The highest BCUT2D eigenvalue weighted by Gasteiger charge is 2.10. The Morgan fingerprint density at radius 3 is 1.00 bits per heavy atom. The number of hydrogen-bond donors (Lipinski definition) is 0. The van der Waals surface area contributed by atoms with Crippen LogP contribution in [0.15, 0.2) is 121 Å². The van der Waals surface area contributed by atoms with Crippen molar-refractivity contribution >= 4 is 11.1 Å². The van der Waals surface area contributed by atoms with E-state index in [4.69, 9.17) is 0 Å². The molecular weight excluding hydrogens is 360 g/mol. The van der Waals surface area contributed by atoms with Gasteiger partial charge in [-0.25, -0.2) is 0 Å². The third kappa shape index (κ3) is 4.18. The van der Waals surface area contributed by atoms with Crippen molar-refractivity contribution in [1.29, 1.82) is 0 Å². The standard InChI is InChI=1S/C30H26/c1-3-29(27-19-15-25(16-20-27)23-11-7-5-8-12-23)30(4-2)28-21-17-26(18-22-28)24-13-9-6-10-14-24/h3-22H,1-2H3/b29-3+,30-4+. The summed E-state index contributed by atoms with van der Waals surface area (Å²) in [7, 11) is 0. The van der Waals surface area contributed by atoms with Crippen molar-refractivity contribution in [2.24, 2.45) is 0 Å². The van der Waals surface area contributed by atoms with E-state index in [0.29, 0.717) is 0 Å². The maximum atomic E-state index is 2.22. The van der Waals surface area contributed by atoms with Gasteiger partial charge in [-0.05, 0) is 58.4 Å². The number of benzene rings is 4. The molecule has 0 atom stereocenters. The van der Waals surface area contributed by atoms with Crippen molar-refractivity contribution in [2.75, 3.05) is 0 Å². The molecule has 0 aliphatic carbocycles. The average molecular weight is 387 g/mol. The quantitative estimate of drug-likeness (QED) is 0.301. The van der Waals surface area contributed by atoms with Crippen LogP contribution < -0.4 is 0 Å². The lowest BCUT2D eigenvalue weighted by Gasteiger charge is -2.14. The van der Waals surface area contributed by atoms with E-state index in [1.54, 1.807) is 0 Å². The van der Waals surface area contributed by atoms with Gasteiger partial charge in [0.25, 0.3) is 0 Å². The van der Waals surface area contributed by atoms with Crippen LogP contribution in [0.5, 0.6) is 0 Å². The van der Waals surface area contributed by atoms with E-state index in [0.717, 1.165) is 0 Å². The van der Waals surface area contributed by atoms with Gasteiger partial charge in [0.05, 0.1) is 0 Å². The highest BCUT2D eigenvalue weighted by atomic mass is 14.1. The first-order chi connectivity index (χ1) is 14.8. The molecule has 4 aromatic rings. The van der Waals surface area contributed by atoms with Gasteiger partial charge in [0.1, 0.15) is 0 Å². The van der Waals surface area contributed by atoms with Crippen LogP contribution >= 0.6 is 0 Å². The molecule has 0 N–H and O–H groups in total. The average Bonchev–Trinajstić information content (AvgIpc) is 2.84. The van der Waals surface area contributed by atoms with Crippen LogP contribution in [0.25, 0.3) is 33.4 Å². The van der Waals surface area contributed by atoms with Gasteiger partial charge in [0.15, 0.2) is 0 Å². The fourth-order valence-electron chi connectivity index (χ4n) is 3.90. The number of rotatable bonds is 5. The Morgan fingerprint density at radius 1 is 0.400 bits per heavy atom. The summed E-state index contributed by atoms with van der Waals surface area (Å²) in [5, 5.41) is 0. The van der Waals surface area contributed by atoms with E-state index in [2.05, 4.69) is 135 Å². The number of allylic oxidation sites excluding steroid dienone is 4. The Labute approximate surface area is 179 Å². The van der Waals surface area contributed by atoms with Crippen molar-refractivity contribution < 1.29 is 0 Å². The summed E-state index contributed by atoms with van der Waals surface area (Å²) in [4.78, 5) is 0. The topological polar surface area (TPSA) is 0 Å². The van der Waals surface area contributed by atoms with E-state index in [-0.39, 0.29) is 0 Å². The smallest absolute Gasteiger partial charge is 0.0151 e. The van der Waals surface area contributed by atoms with Gasteiger partial charge in [-0.15, -0.1) is 0 Å². The second-order valence-electron chi connectivity index (χ2n) is 7.29. The lowest BCUT2D eigenvalue weighted by Crippen LogP contribution is -1.91. The third-order valence-electron chi connectivity index (χ3n) is 5.47. The minimum Gasteiger partial charge on any atom is -0.0792 e. The van der Waals surface area contributed by atoms with Crippen molar-refractivity contribution in [1.82, 2.24) is 0 Å². The van der Waals surface area contributed by atoms with Gasteiger partial charge in [-0.1, -0.05) is 121 Å². The summed E-state index contributed by atoms with van der Waals surface area (Å²) in [5.74, 6) is 0. The lowest BCUT2D eigenvalue weighted by atomic mass is 9.90. The van der Waals surface area contributed by atoms with Crippen LogP contribution in [0.4, 0.5) is 0 Å². The number of hydrogen-bond acceptors (Lipinski definition) is 0. The molecule has 0 radical (unpaired) electrons. The van der Waals surface area contributed by atoms with E-state index in [9.17, 15) is 0 Å². The van der Waals surface area contributed by atoms with Crippen molar-refractivity contribution in [3.8, 4) is 22.3 Å². The van der Waals surface area contributed by atoms with Crippen LogP contribution in [0.2, 0.25) is 0 Å². The molecule has 4 aromatic carbocycles. The first-order valence-corrected chi connectivity index (χ1v) is 10.4. The van der Waals surface area contributed by atoms with Gasteiger partial charge >= 0.3 is 0 Å². The Balaban J connectivity index is 1.62. The third-order valence-corrected chi connectivity index (χ3v) is 5.47. The largest absolute Gasteiger partial charge is 0.0792 e. The van der Waals surface area contributed by atoms with E-state index in [1.165, 1.54) is 44.5 Å². The lowest BCUT2D eigenvalue weighted by molar-refractivity contribution is 1.53. The van der Waals surface area contributed by atoms with Crippen LogP contribution in [0, 0.1) is 0 Å². The van der Waals surface area contributed by atoms with Crippen LogP contribution in [0.3, 0.4) is 0 Å². The molecule has 0 aromatic heterocycles. The molecule has 4 rings (SSSR count). The fourth-order valence-corrected chi connectivity index (χ4v) is 3.90. The first-order valence-electron chi connectivity index (χ1n) is 10.4. The molecule has 0 amide bonds. The SMILES string of the molecule is C/C=C(/C(=C/C)c1ccc(-c2ccccc2)cc1)c1ccc(-c2ccccc2)cc1. The Hall–Kier alpha value is -3.64. The highest BCUT2D eigenvalue weighted by molar-refractivity contribution is 6.05. The van der Waals surface area contributed by atoms with E-state index >= 15 is 0 Å². The minimum atomic E-state index is 1.23. The summed E-state index contributed by atoms with van der Waals surface area (Å²) < 4.78 is 0. The maximum Gasteiger partial charge on any atom is -0.0151 e. The molecule has 0 spiro atoms. The van der Waals surface area contributed by atoms with Crippen LogP contribution in [0.1, 0.15) is 25.0 Å². The second-order valence-corrected chi connectivity index (χ2v) is 7.29. The zero-order valence-corrected chi connectivity index (χ0v) is 17.5. The Bertz CT molecular complexity index is 1050. The summed E-state index contributed by atoms with van der Waals surface area (Å²) in [5.41, 5.74) is 9.94. The van der Waals surface area contributed by atoms with Gasteiger partial charge in [0, 0.05) is 0 Å². The summed E-state index contributed by atoms with van der Waals surface area (Å²) in [6.07, 6.45) is 4.41. The molecule has 0 heteroatoms. The Morgan fingerprint density at radius 2 is 0.700 bits per heavy atom. The van der Waals surface area contributed by atoms with Gasteiger partial charge in [-0.3, -0.25) is 0 Å². The van der Waals surface area contributed by atoms with Gasteiger partial charge in [0.2, 0.25) is 0 Å². The molecule has 0 saturated carbocycles. The molecule has 0 heterocycles. The van der Waals surface area contributed by atoms with Crippen molar-refractivity contribution in [3.05, 3.63) is 132 Å². The molecule has 0 aliphatic rings. The zero-order valence-electron chi connectivity index (χ0n) is 17.5. The molecule has 0 aliphatic heterocycles. The predicted molar refractivity (Wildman–Crippen MR) is 131 cm³/mol. The Kier molecular flexibility index (Phi) is 6.06. The molecule has 0 bridgehead atoms. The van der Waals surface area contributed by atoms with Gasteiger partial charge < -0.3 is 0 Å². The zero-order chi connectivity index (χ0) is 20.8. The van der Waals surface area contributed by atoms with Crippen LogP contribution in [-0.4, -0.2) is 0 Å². The summed E-state index contributed by atoms with van der Waals surface area (Å²) in [6.45, 7) is 4.23. The molecule has 0 saturated heterocycles. The summed E-state index contributed by atoms with van der Waals surface area (Å²) in [6, 6.07) is 38.7. The maximum absolute atomic E-state index is 2.22. The normalized spacial score (nSPS) is 12.1. The predicted octanol–water partition coefficient (Wildman–Crippen LogP) is 8.53. The molecule has 0 unspecified atom stereocenters. The summed E-state index contributed by atoms with van der Waals surface area (Å²) >= 11 is 0. The molecule has 146 valence electrons. The molecular formula is C30H26. The minimum absolute atomic E-state index is 1.23. The monoisotopic (exact) mass is 386 g/mol. The molecule has 30 heavy (non-hydrogen) atoms. The van der Waals surface area contributed by atoms with Gasteiger partial charge in [-0.2, -0.15) is 0 Å². The first kappa shape index (κ1) is 19.7. The molecule has 0 fully saturated rings. The van der Waals surface area contributed by atoms with Crippen LogP contribution in [-0.2, 0) is 0 Å². The van der Waals surface area contributed by atoms with E-state index in [1.807, 2.05) is 0 Å². The highest BCUT2D eigenvalue weighted by Crippen LogP contribution is 2.33. The fraction of sp³-hybridized carbons (Fsp3) is 0.0667.